The van der Waals surface area contributed by atoms with Crippen molar-refractivity contribution in [3.8, 4) is 11.5 Å². The Hall–Kier alpha value is -2.42. The van der Waals surface area contributed by atoms with E-state index < -0.39 is 23.0 Å². The summed E-state index contributed by atoms with van der Waals surface area (Å²) in [4.78, 5) is 12.5. The predicted octanol–water partition coefficient (Wildman–Crippen LogP) is 3.60. The molecule has 0 spiro atoms. The number of rotatable bonds is 9. The lowest BCUT2D eigenvalue weighted by Crippen LogP contribution is -2.69. The first-order valence-electron chi connectivity index (χ1n) is 11.0. The second kappa shape index (κ2) is 9.83. The molecule has 1 amide bonds. The Morgan fingerprint density at radius 2 is 1.76 bits per heavy atom. The molecule has 0 aromatic heterocycles. The van der Waals surface area contributed by atoms with Crippen LogP contribution in [0.5, 0.6) is 11.5 Å². The van der Waals surface area contributed by atoms with E-state index in [1.54, 1.807) is 12.1 Å². The molecule has 5 rings (SSSR count). The normalized spacial score (nSPS) is 26.1. The Balaban J connectivity index is 1.23. The molecule has 0 aliphatic heterocycles. The largest absolute Gasteiger partial charge is 0.492 e. The highest BCUT2D eigenvalue weighted by Gasteiger charge is 2.54. The molecule has 0 radical (unpaired) electrons. The highest BCUT2D eigenvalue weighted by molar-refractivity contribution is 6.30. The number of carbonyl (C=O) groups is 1. The number of aliphatic hydroxyl groups excluding tert-OH is 1. The summed E-state index contributed by atoms with van der Waals surface area (Å²) in [6.07, 6.45) is 2.73. The first-order chi connectivity index (χ1) is 15.8. The van der Waals surface area contributed by atoms with Crippen LogP contribution >= 0.6 is 11.6 Å². The number of aliphatic hydroxyl groups is 1. The quantitative estimate of drug-likeness (QED) is 0.478. The third-order valence-corrected chi connectivity index (χ3v) is 6.95. The molecule has 3 N–H and O–H groups in total. The van der Waals surface area contributed by atoms with Gasteiger partial charge in [-0.15, -0.1) is 0 Å². The fourth-order valence-electron chi connectivity index (χ4n) is 4.80. The van der Waals surface area contributed by atoms with Gasteiger partial charge in [0.1, 0.15) is 29.7 Å². The molecule has 1 unspecified atom stereocenters. The lowest BCUT2D eigenvalue weighted by Gasteiger charge is -2.56. The van der Waals surface area contributed by atoms with Crippen LogP contribution in [0.1, 0.15) is 32.1 Å². The van der Waals surface area contributed by atoms with E-state index in [1.165, 1.54) is 24.3 Å². The topological polar surface area (TPSA) is 79.8 Å². The van der Waals surface area contributed by atoms with Crippen molar-refractivity contribution in [3.63, 3.8) is 0 Å². The number of hydrogen-bond acceptors (Lipinski definition) is 5. The van der Waals surface area contributed by atoms with Gasteiger partial charge in [0.2, 0.25) is 0 Å². The van der Waals surface area contributed by atoms with E-state index >= 15 is 0 Å². The van der Waals surface area contributed by atoms with Gasteiger partial charge in [0, 0.05) is 23.7 Å². The van der Waals surface area contributed by atoms with Crippen LogP contribution in [0, 0.1) is 11.6 Å². The summed E-state index contributed by atoms with van der Waals surface area (Å²) >= 11 is 5.65. The second-order valence-electron chi connectivity index (χ2n) is 8.80. The standard InChI is InChI=1S/C24H27ClF2N2O4/c25-19-6-5-18(13-20(19)27)33-15-22(31)29-23-7-9-24(10-8-23,21(30)14-23)28-11-12-32-17-3-1-16(26)2-4-17/h1-6,13,21,28,30H,7-12,14-15H2,(H,29,31). The van der Waals surface area contributed by atoms with E-state index in [0.717, 1.165) is 18.9 Å². The van der Waals surface area contributed by atoms with Gasteiger partial charge in [-0.25, -0.2) is 8.78 Å². The van der Waals surface area contributed by atoms with Crippen LogP contribution in [0.3, 0.4) is 0 Å². The number of hydrogen-bond donors (Lipinski definition) is 3. The summed E-state index contributed by atoms with van der Waals surface area (Å²) in [5.74, 6) is -0.417. The van der Waals surface area contributed by atoms with Crippen molar-refractivity contribution in [2.45, 2.75) is 49.3 Å². The zero-order valence-electron chi connectivity index (χ0n) is 18.1. The van der Waals surface area contributed by atoms with E-state index in [-0.39, 0.29) is 29.1 Å². The van der Waals surface area contributed by atoms with Crippen molar-refractivity contribution in [3.05, 3.63) is 59.1 Å². The fourth-order valence-corrected chi connectivity index (χ4v) is 4.91. The van der Waals surface area contributed by atoms with E-state index in [9.17, 15) is 18.7 Å². The van der Waals surface area contributed by atoms with Gasteiger partial charge in [-0.1, -0.05) is 11.6 Å². The molecule has 3 saturated carbocycles. The van der Waals surface area contributed by atoms with Crippen molar-refractivity contribution in [1.29, 1.82) is 0 Å². The molecule has 3 aliphatic carbocycles. The number of halogens is 3. The molecule has 0 heterocycles. The van der Waals surface area contributed by atoms with Crippen LogP contribution in [-0.4, -0.2) is 48.0 Å². The van der Waals surface area contributed by atoms with Gasteiger partial charge >= 0.3 is 0 Å². The SMILES string of the molecule is O=C(COc1ccc(Cl)c(F)c1)NC12CCC(NCCOc3ccc(F)cc3)(CC1)C(O)C2. The number of ether oxygens (including phenoxy) is 2. The van der Waals surface area contributed by atoms with Gasteiger partial charge in [-0.3, -0.25) is 4.79 Å². The second-order valence-corrected chi connectivity index (χ2v) is 9.21. The molecule has 2 bridgehead atoms. The maximum atomic E-state index is 13.5. The molecule has 1 atom stereocenters. The number of nitrogens with one attached hydrogen (secondary N) is 2. The van der Waals surface area contributed by atoms with E-state index in [2.05, 4.69) is 10.6 Å². The number of fused-ring (bicyclic) bond motifs is 3. The average molecular weight is 481 g/mol. The molecule has 2 aromatic carbocycles. The van der Waals surface area contributed by atoms with Crippen molar-refractivity contribution in [2.75, 3.05) is 19.8 Å². The predicted molar refractivity (Wildman–Crippen MR) is 119 cm³/mol. The zero-order chi connectivity index (χ0) is 23.5. The molecule has 3 aliphatic rings. The Labute approximate surface area is 196 Å². The van der Waals surface area contributed by atoms with Crippen LogP contribution in [-0.2, 0) is 4.79 Å². The molecule has 178 valence electrons. The molecule has 33 heavy (non-hydrogen) atoms. The van der Waals surface area contributed by atoms with E-state index in [0.29, 0.717) is 38.2 Å². The first kappa shape index (κ1) is 23.7. The van der Waals surface area contributed by atoms with Crippen molar-refractivity contribution in [1.82, 2.24) is 10.6 Å². The Morgan fingerprint density at radius 3 is 2.42 bits per heavy atom. The maximum Gasteiger partial charge on any atom is 0.258 e. The summed E-state index contributed by atoms with van der Waals surface area (Å²) in [5.41, 5.74) is -0.880. The fraction of sp³-hybridized carbons (Fsp3) is 0.458. The Kier molecular flexibility index (Phi) is 7.07. The van der Waals surface area contributed by atoms with E-state index in [4.69, 9.17) is 21.1 Å². The van der Waals surface area contributed by atoms with Gasteiger partial charge in [-0.05, 0) is 68.5 Å². The molecular formula is C24H27ClF2N2O4. The minimum absolute atomic E-state index is 0.0109. The van der Waals surface area contributed by atoms with Crippen LogP contribution in [0.25, 0.3) is 0 Å². The van der Waals surface area contributed by atoms with Gasteiger partial charge in [0.15, 0.2) is 6.61 Å². The third kappa shape index (κ3) is 5.57. The van der Waals surface area contributed by atoms with E-state index in [1.807, 2.05) is 0 Å². The lowest BCUT2D eigenvalue weighted by atomic mass is 9.60. The lowest BCUT2D eigenvalue weighted by molar-refractivity contribution is -0.129. The van der Waals surface area contributed by atoms with Gasteiger partial charge in [0.25, 0.3) is 5.91 Å². The highest BCUT2D eigenvalue weighted by atomic mass is 35.5. The molecule has 3 fully saturated rings. The summed E-state index contributed by atoms with van der Waals surface area (Å²) in [6, 6.07) is 9.86. The molecule has 9 heteroatoms. The number of benzene rings is 2. The maximum absolute atomic E-state index is 13.5. The van der Waals surface area contributed by atoms with Gasteiger partial charge in [0.05, 0.1) is 11.1 Å². The van der Waals surface area contributed by atoms with Crippen LogP contribution in [0.15, 0.2) is 42.5 Å². The first-order valence-corrected chi connectivity index (χ1v) is 11.4. The zero-order valence-corrected chi connectivity index (χ0v) is 18.8. The van der Waals surface area contributed by atoms with Crippen LogP contribution in [0.2, 0.25) is 5.02 Å². The average Bonchev–Trinajstić information content (AvgIpc) is 2.80. The minimum atomic E-state index is -0.614. The molecule has 2 aromatic rings. The minimum Gasteiger partial charge on any atom is -0.492 e. The summed E-state index contributed by atoms with van der Waals surface area (Å²) in [7, 11) is 0. The molecule has 6 nitrogen and oxygen atoms in total. The number of carbonyl (C=O) groups excluding carboxylic acids is 1. The summed E-state index contributed by atoms with van der Waals surface area (Å²) in [5, 5.41) is 17.3. The Morgan fingerprint density at radius 1 is 1.06 bits per heavy atom. The van der Waals surface area contributed by atoms with Crippen molar-refractivity contribution < 1.29 is 28.2 Å². The van der Waals surface area contributed by atoms with Crippen LogP contribution < -0.4 is 20.1 Å². The molecular weight excluding hydrogens is 454 g/mol. The number of amides is 1. The molecule has 0 saturated heterocycles. The van der Waals surface area contributed by atoms with Crippen molar-refractivity contribution >= 4 is 17.5 Å². The summed E-state index contributed by atoms with van der Waals surface area (Å²) < 4.78 is 37.5. The van der Waals surface area contributed by atoms with Gasteiger partial charge in [-0.2, -0.15) is 0 Å². The third-order valence-electron chi connectivity index (χ3n) is 6.65. The van der Waals surface area contributed by atoms with Crippen molar-refractivity contribution in [2.24, 2.45) is 0 Å². The smallest absolute Gasteiger partial charge is 0.258 e. The monoisotopic (exact) mass is 480 g/mol. The highest BCUT2D eigenvalue weighted by Crippen LogP contribution is 2.47. The van der Waals surface area contributed by atoms with Gasteiger partial charge < -0.3 is 25.2 Å². The summed E-state index contributed by atoms with van der Waals surface area (Å²) in [6.45, 7) is 0.687. The Bertz CT molecular complexity index is 981. The van der Waals surface area contributed by atoms with Crippen LogP contribution in [0.4, 0.5) is 8.78 Å².